The van der Waals surface area contributed by atoms with Gasteiger partial charge in [0, 0.05) is 54.3 Å². The van der Waals surface area contributed by atoms with E-state index in [1.165, 1.54) is 4.90 Å². The van der Waals surface area contributed by atoms with Gasteiger partial charge in [0.2, 0.25) is 17.7 Å². The number of hydrogen-bond acceptors (Lipinski definition) is 7. The van der Waals surface area contributed by atoms with Gasteiger partial charge in [0.05, 0.1) is 32.8 Å². The van der Waals surface area contributed by atoms with Crippen molar-refractivity contribution in [2.75, 3.05) is 52.5 Å². The second kappa shape index (κ2) is 12.7. The molecule has 44 heavy (non-hydrogen) atoms. The van der Waals surface area contributed by atoms with Crippen LogP contribution in [0.3, 0.4) is 0 Å². The van der Waals surface area contributed by atoms with Gasteiger partial charge in [-0.1, -0.05) is 35.9 Å². The number of nitrogens with zero attached hydrogens (tertiary/aromatic N) is 3. The summed E-state index contributed by atoms with van der Waals surface area (Å²) in [6, 6.07) is 16.4. The molecule has 4 aliphatic rings. The minimum absolute atomic E-state index is 0.00219. The number of likely N-dealkylation sites (tertiary alicyclic amines) is 1. The summed E-state index contributed by atoms with van der Waals surface area (Å²) >= 11 is 6.04. The van der Waals surface area contributed by atoms with Gasteiger partial charge in [-0.25, -0.2) is 4.98 Å². The minimum Gasteiger partial charge on any atom is -0.490 e. The summed E-state index contributed by atoms with van der Waals surface area (Å²) in [5.41, 5.74) is 1.60. The zero-order valence-corrected chi connectivity index (χ0v) is 25.3. The highest BCUT2D eigenvalue weighted by atomic mass is 35.5. The van der Waals surface area contributed by atoms with E-state index in [9.17, 15) is 14.4 Å². The molecule has 0 saturated carbocycles. The lowest BCUT2D eigenvalue weighted by Crippen LogP contribution is -2.50. The first-order chi connectivity index (χ1) is 21.4. The number of pyridine rings is 1. The second-order valence-corrected chi connectivity index (χ2v) is 11.9. The van der Waals surface area contributed by atoms with E-state index in [0.717, 1.165) is 11.1 Å². The number of benzene rings is 2. The Kier molecular flexibility index (Phi) is 8.61. The van der Waals surface area contributed by atoms with Crippen LogP contribution in [-0.4, -0.2) is 85.0 Å². The van der Waals surface area contributed by atoms with E-state index >= 15 is 0 Å². The molecule has 5 heterocycles. The highest BCUT2D eigenvalue weighted by Crippen LogP contribution is 2.52. The summed E-state index contributed by atoms with van der Waals surface area (Å²) in [7, 11) is 0. The lowest BCUT2D eigenvalue weighted by molar-refractivity contribution is -0.129. The zero-order valence-electron chi connectivity index (χ0n) is 24.6. The van der Waals surface area contributed by atoms with Crippen molar-refractivity contribution in [1.82, 2.24) is 20.1 Å². The van der Waals surface area contributed by atoms with Crippen molar-refractivity contribution in [3.63, 3.8) is 0 Å². The summed E-state index contributed by atoms with van der Waals surface area (Å²) in [5, 5.41) is 3.70. The number of para-hydroxylation sites is 1. The molecule has 1 aromatic heterocycles. The van der Waals surface area contributed by atoms with E-state index in [0.29, 0.717) is 68.0 Å². The van der Waals surface area contributed by atoms with E-state index < -0.39 is 5.41 Å². The SMILES string of the molecule is CCOc1ncccc1C(=O)N1CCCOc2cccc3c2OC[C@@]2(CNC(=O)C1)CN(C(=O)Cc1ccc(Cl)cc1)C[C@@H]32. The Labute approximate surface area is 261 Å². The van der Waals surface area contributed by atoms with Gasteiger partial charge in [0.1, 0.15) is 5.56 Å². The molecule has 230 valence electrons. The third kappa shape index (κ3) is 6.04. The van der Waals surface area contributed by atoms with E-state index in [2.05, 4.69) is 10.3 Å². The number of ether oxygens (including phenoxy) is 3. The van der Waals surface area contributed by atoms with E-state index in [4.69, 9.17) is 25.8 Å². The van der Waals surface area contributed by atoms with E-state index in [1.807, 2.05) is 42.2 Å². The summed E-state index contributed by atoms with van der Waals surface area (Å²) < 4.78 is 18.1. The van der Waals surface area contributed by atoms with Crippen LogP contribution in [0.4, 0.5) is 0 Å². The number of fused-ring (bicyclic) bond motifs is 9. The number of aromatic nitrogens is 1. The number of rotatable bonds is 5. The molecular weight excluding hydrogens is 584 g/mol. The van der Waals surface area contributed by atoms with Gasteiger partial charge in [-0.05, 0) is 49.2 Å². The van der Waals surface area contributed by atoms with Crippen LogP contribution in [0, 0.1) is 5.41 Å². The Hall–Kier alpha value is -4.31. The van der Waals surface area contributed by atoms with Crippen LogP contribution in [0.1, 0.15) is 40.7 Å². The molecule has 2 atom stereocenters. The molecule has 10 nitrogen and oxygen atoms in total. The number of nitrogens with one attached hydrogen (secondary N) is 1. The van der Waals surface area contributed by atoms with Gasteiger partial charge < -0.3 is 29.3 Å². The molecule has 1 saturated heterocycles. The van der Waals surface area contributed by atoms with Gasteiger partial charge in [0.25, 0.3) is 5.91 Å². The van der Waals surface area contributed by atoms with Crippen LogP contribution < -0.4 is 19.5 Å². The van der Waals surface area contributed by atoms with Crippen molar-refractivity contribution in [2.45, 2.75) is 25.7 Å². The highest BCUT2D eigenvalue weighted by molar-refractivity contribution is 6.30. The van der Waals surface area contributed by atoms with Crippen LogP contribution in [0.15, 0.2) is 60.8 Å². The first-order valence-electron chi connectivity index (χ1n) is 14.9. The van der Waals surface area contributed by atoms with Crippen LogP contribution in [-0.2, 0) is 16.0 Å². The summed E-state index contributed by atoms with van der Waals surface area (Å²) in [4.78, 5) is 48.2. The molecule has 4 aliphatic heterocycles. The monoisotopic (exact) mass is 618 g/mol. The molecule has 11 heteroatoms. The number of amides is 3. The highest BCUT2D eigenvalue weighted by Gasteiger charge is 2.53. The predicted octanol–water partition coefficient (Wildman–Crippen LogP) is 3.72. The fraction of sp³-hybridized carbons (Fsp3) is 0.394. The predicted molar refractivity (Wildman–Crippen MR) is 163 cm³/mol. The van der Waals surface area contributed by atoms with Crippen molar-refractivity contribution >= 4 is 29.3 Å². The molecule has 0 aliphatic carbocycles. The first kappa shape index (κ1) is 29.7. The molecule has 1 N–H and O–H groups in total. The normalized spacial score (nSPS) is 21.4. The van der Waals surface area contributed by atoms with E-state index in [-0.39, 0.29) is 49.0 Å². The molecule has 0 unspecified atom stereocenters. The number of carbonyl (C=O) groups is 3. The van der Waals surface area contributed by atoms with Crippen LogP contribution in [0.2, 0.25) is 5.02 Å². The Morgan fingerprint density at radius 1 is 1.11 bits per heavy atom. The van der Waals surface area contributed by atoms with Crippen LogP contribution >= 0.6 is 11.6 Å². The quantitative estimate of drug-likeness (QED) is 0.464. The van der Waals surface area contributed by atoms with Crippen molar-refractivity contribution in [1.29, 1.82) is 0 Å². The fourth-order valence-electron chi connectivity index (χ4n) is 6.31. The van der Waals surface area contributed by atoms with Crippen molar-refractivity contribution in [3.05, 3.63) is 82.5 Å². The molecule has 1 spiro atoms. The van der Waals surface area contributed by atoms with Gasteiger partial charge in [-0.2, -0.15) is 0 Å². The smallest absolute Gasteiger partial charge is 0.259 e. The maximum atomic E-state index is 13.6. The molecule has 3 aromatic rings. The topological polar surface area (TPSA) is 110 Å². The van der Waals surface area contributed by atoms with Gasteiger partial charge in [-0.3, -0.25) is 14.4 Å². The zero-order chi connectivity index (χ0) is 30.7. The summed E-state index contributed by atoms with van der Waals surface area (Å²) in [6.45, 7) is 4.16. The maximum Gasteiger partial charge on any atom is 0.259 e. The summed E-state index contributed by atoms with van der Waals surface area (Å²) in [6.07, 6.45) is 2.31. The average Bonchev–Trinajstić information content (AvgIpc) is 3.43. The van der Waals surface area contributed by atoms with Crippen molar-refractivity contribution in [2.24, 2.45) is 5.41 Å². The lowest BCUT2D eigenvalue weighted by atomic mass is 9.73. The van der Waals surface area contributed by atoms with Crippen LogP contribution in [0.5, 0.6) is 17.4 Å². The number of halogens is 1. The standard InChI is InChI=1S/C33H35ClN4O6/c1-2-42-31-25(7-4-13-35-31)32(41)37-14-5-15-43-27-8-3-6-24-26-17-38(29(40)16-22-9-11-23(34)12-10-22)20-33(26,21-44-30(24)27)19-36-28(39)18-37/h3-4,6-13,26H,2,5,14-21H2,1H3,(H,36,39)/t26-,33+/m0/s1. The van der Waals surface area contributed by atoms with Crippen LogP contribution in [0.25, 0.3) is 0 Å². The number of hydrogen-bond donors (Lipinski definition) is 1. The summed E-state index contributed by atoms with van der Waals surface area (Å²) in [5.74, 6) is 0.832. The Balaban J connectivity index is 1.26. The first-order valence-corrected chi connectivity index (χ1v) is 15.3. The lowest BCUT2D eigenvalue weighted by Gasteiger charge is -2.40. The number of carbonyl (C=O) groups excluding carboxylic acids is 3. The second-order valence-electron chi connectivity index (χ2n) is 11.5. The Morgan fingerprint density at radius 2 is 1.95 bits per heavy atom. The molecule has 1 fully saturated rings. The van der Waals surface area contributed by atoms with Crippen molar-refractivity contribution in [3.8, 4) is 17.4 Å². The molecule has 4 bridgehead atoms. The molecular formula is C33H35ClN4O6. The fourth-order valence-corrected chi connectivity index (χ4v) is 6.44. The maximum absolute atomic E-state index is 13.6. The van der Waals surface area contributed by atoms with Gasteiger partial charge in [-0.15, -0.1) is 0 Å². The third-order valence-electron chi connectivity index (χ3n) is 8.53. The molecule has 7 rings (SSSR count). The largest absolute Gasteiger partial charge is 0.490 e. The van der Waals surface area contributed by atoms with Gasteiger partial charge >= 0.3 is 0 Å². The molecule has 2 aromatic carbocycles. The minimum atomic E-state index is -0.554. The Bertz CT molecular complexity index is 1550. The molecule has 0 radical (unpaired) electrons. The Morgan fingerprint density at radius 3 is 2.77 bits per heavy atom. The molecule has 3 amide bonds. The van der Waals surface area contributed by atoms with E-state index in [1.54, 1.807) is 30.5 Å². The van der Waals surface area contributed by atoms with Crippen molar-refractivity contribution < 1.29 is 28.6 Å². The third-order valence-corrected chi connectivity index (χ3v) is 8.78. The van der Waals surface area contributed by atoms with Gasteiger partial charge in [0.15, 0.2) is 11.5 Å². The average molecular weight is 619 g/mol.